The second-order valence-electron chi connectivity index (χ2n) is 12.3. The maximum absolute atomic E-state index is 11.2. The molecular weight excluding hydrogens is 768 g/mol. The number of hydrogen-bond donors (Lipinski definition) is 3. The fraction of sp³-hybridized carbons (Fsp3) is 0.486. The van der Waals surface area contributed by atoms with Gasteiger partial charge in [-0.15, -0.1) is 0 Å². The maximum atomic E-state index is 11.2. The number of benzene rings is 2. The average molecular weight is 819 g/mol. The number of thiophene rings is 1. The van der Waals surface area contributed by atoms with Crippen molar-refractivity contribution in [1.82, 2.24) is 0 Å². The molecule has 52 heavy (non-hydrogen) atoms. The van der Waals surface area contributed by atoms with Gasteiger partial charge in [-0.25, -0.2) is 4.57 Å². The van der Waals surface area contributed by atoms with Gasteiger partial charge < -0.3 is 19.2 Å². The Hall–Kier alpha value is -1.38. The Balaban J connectivity index is 1.46. The molecule has 288 valence electrons. The summed E-state index contributed by atoms with van der Waals surface area (Å²) >= 11 is 1.63. The summed E-state index contributed by atoms with van der Waals surface area (Å²) in [4.78, 5) is 29.0. The van der Waals surface area contributed by atoms with Crippen molar-refractivity contribution < 1.29 is 55.4 Å². The normalized spacial score (nSPS) is 20.6. The van der Waals surface area contributed by atoms with Crippen LogP contribution in [0.5, 0.6) is 5.75 Å². The summed E-state index contributed by atoms with van der Waals surface area (Å²) in [5, 5.41) is 0. The molecule has 1 aromatic heterocycles. The average Bonchev–Trinajstić information content (AvgIpc) is 3.55. The molecule has 0 spiro atoms. The summed E-state index contributed by atoms with van der Waals surface area (Å²) in [6.07, 6.45) is 5.77. The molecule has 0 saturated carbocycles. The van der Waals surface area contributed by atoms with E-state index < -0.39 is 32.7 Å². The first-order chi connectivity index (χ1) is 25.0. The van der Waals surface area contributed by atoms with Gasteiger partial charge in [-0.05, 0) is 0 Å². The molecule has 2 aliphatic heterocycles. The molecular formula is C35H50O12P4S. The third-order valence-corrected chi connectivity index (χ3v) is 16.2. The van der Waals surface area contributed by atoms with Crippen molar-refractivity contribution in [1.29, 1.82) is 0 Å². The van der Waals surface area contributed by atoms with Gasteiger partial charge in [0.1, 0.15) is 0 Å². The molecule has 0 radical (unpaired) electrons. The SMILES string of the molecule is CCO[PH]1(Cc2cc(-c3ccc(-c4ccc(O[PH](=O)O)cc4)s3)c(C[PH]3(OCC)OC(C)O3)cc2C#CCCCCCCCOP(O)O)OC(C)O1. The molecule has 2 aromatic carbocycles. The van der Waals surface area contributed by atoms with Crippen LogP contribution in [0.4, 0.5) is 0 Å². The van der Waals surface area contributed by atoms with Crippen LogP contribution in [0.25, 0.3) is 20.9 Å². The summed E-state index contributed by atoms with van der Waals surface area (Å²) in [5.74, 6) is 7.21. The molecule has 3 aromatic rings. The first kappa shape index (κ1) is 41.8. The van der Waals surface area contributed by atoms with Crippen LogP contribution in [0.3, 0.4) is 0 Å². The van der Waals surface area contributed by atoms with Crippen LogP contribution in [0, 0.1) is 11.8 Å². The molecule has 3 heterocycles. The van der Waals surface area contributed by atoms with Gasteiger partial charge in [0.25, 0.3) is 0 Å². The minimum atomic E-state index is -3.09. The van der Waals surface area contributed by atoms with E-state index in [4.69, 9.17) is 50.9 Å². The molecule has 1 unspecified atom stereocenters. The number of hydrogen-bond acceptors (Lipinski definition) is 12. The van der Waals surface area contributed by atoms with Crippen LogP contribution in [-0.4, -0.2) is 47.1 Å². The fourth-order valence-electron chi connectivity index (χ4n) is 6.24. The Labute approximate surface area is 313 Å². The summed E-state index contributed by atoms with van der Waals surface area (Å²) in [5.41, 5.74) is 4.84. The van der Waals surface area contributed by atoms with E-state index in [1.54, 1.807) is 23.5 Å². The topological polar surface area (TPSA) is 152 Å². The fourth-order valence-corrected chi connectivity index (χ4v) is 13.2. The predicted molar refractivity (Wildman–Crippen MR) is 209 cm³/mol. The summed E-state index contributed by atoms with van der Waals surface area (Å²) in [6, 6.07) is 15.6. The third kappa shape index (κ3) is 11.8. The van der Waals surface area contributed by atoms with E-state index in [0.717, 1.165) is 76.1 Å². The number of rotatable bonds is 20. The summed E-state index contributed by atoms with van der Waals surface area (Å²) < 4.78 is 58.0. The van der Waals surface area contributed by atoms with Crippen molar-refractivity contribution in [3.63, 3.8) is 0 Å². The van der Waals surface area contributed by atoms with E-state index in [9.17, 15) is 4.57 Å². The van der Waals surface area contributed by atoms with Gasteiger partial charge in [0.15, 0.2) is 0 Å². The predicted octanol–water partition coefficient (Wildman–Crippen LogP) is 9.61. The van der Waals surface area contributed by atoms with Crippen molar-refractivity contribution in [2.75, 3.05) is 19.8 Å². The van der Waals surface area contributed by atoms with E-state index in [2.05, 4.69) is 36.1 Å². The second kappa shape index (κ2) is 20.0. The monoisotopic (exact) mass is 818 g/mol. The zero-order valence-electron chi connectivity index (χ0n) is 29.9. The van der Waals surface area contributed by atoms with Gasteiger partial charge in [-0.1, -0.05) is 0 Å². The number of unbranched alkanes of at least 4 members (excludes halogenated alkanes) is 5. The van der Waals surface area contributed by atoms with Crippen molar-refractivity contribution in [2.24, 2.45) is 0 Å². The van der Waals surface area contributed by atoms with Crippen molar-refractivity contribution in [2.45, 2.75) is 91.1 Å². The Morgan fingerprint density at radius 3 is 2.02 bits per heavy atom. The minimum absolute atomic E-state index is 0.324. The van der Waals surface area contributed by atoms with Crippen molar-refractivity contribution in [3.8, 4) is 38.5 Å². The van der Waals surface area contributed by atoms with Crippen LogP contribution in [-0.2, 0) is 48.6 Å². The molecule has 5 rings (SSSR count). The van der Waals surface area contributed by atoms with Gasteiger partial charge in [0.05, 0.1) is 0 Å². The van der Waals surface area contributed by atoms with Gasteiger partial charge in [-0.3, -0.25) is 0 Å². The van der Waals surface area contributed by atoms with Gasteiger partial charge in [-0.2, -0.15) is 0 Å². The third-order valence-electron chi connectivity index (χ3n) is 8.34. The molecule has 0 bridgehead atoms. The van der Waals surface area contributed by atoms with Crippen molar-refractivity contribution in [3.05, 3.63) is 65.2 Å². The van der Waals surface area contributed by atoms with E-state index in [0.29, 0.717) is 37.9 Å². The van der Waals surface area contributed by atoms with Crippen molar-refractivity contribution >= 4 is 44.1 Å². The van der Waals surface area contributed by atoms with Crippen LogP contribution in [0.2, 0.25) is 0 Å². The van der Waals surface area contributed by atoms with Gasteiger partial charge in [0.2, 0.25) is 0 Å². The molecule has 2 fully saturated rings. The molecule has 17 heteroatoms. The van der Waals surface area contributed by atoms with E-state index >= 15 is 0 Å². The van der Waals surface area contributed by atoms with Crippen LogP contribution in [0.1, 0.15) is 82.9 Å². The van der Waals surface area contributed by atoms with E-state index in [1.165, 1.54) is 0 Å². The van der Waals surface area contributed by atoms with E-state index in [1.807, 2.05) is 39.8 Å². The molecule has 2 aliphatic rings. The standard InChI is InChI=1S/C35H50O12P4S/c1-5-41-50(44-26(3)45-50)24-30-23-33(35-20-19-34(52-35)28-15-17-32(18-16-28)43-49(38)39)31(25-51(42-6-2)46-27(4)47-51)22-29(30)14-12-10-8-7-9-11-13-21-40-48(36)37/h15-20,22-23,26-27,36-37,49-51H,5-11,13,21,24-25H2,1-4H3,(H,38,39). The summed E-state index contributed by atoms with van der Waals surface area (Å²) in [7, 11) is -11.3. The van der Waals surface area contributed by atoms with Gasteiger partial charge in [0, 0.05) is 0 Å². The van der Waals surface area contributed by atoms with Gasteiger partial charge >= 0.3 is 290 Å². The Kier molecular flexibility index (Phi) is 16.1. The summed E-state index contributed by atoms with van der Waals surface area (Å²) in [6.45, 7) is 8.93. The quantitative estimate of drug-likeness (QED) is 0.0566. The second-order valence-corrected chi connectivity index (χ2v) is 19.9. The van der Waals surface area contributed by atoms with E-state index in [-0.39, 0.29) is 12.6 Å². The zero-order valence-corrected chi connectivity index (χ0v) is 34.6. The first-order valence-corrected chi connectivity index (χ1v) is 24.7. The van der Waals surface area contributed by atoms with Crippen LogP contribution in [0.15, 0.2) is 48.5 Å². The molecule has 2 saturated heterocycles. The molecule has 12 nitrogen and oxygen atoms in total. The Morgan fingerprint density at radius 1 is 0.827 bits per heavy atom. The Bertz CT molecular complexity index is 1670. The molecule has 0 amide bonds. The molecule has 1 atom stereocenters. The van der Waals surface area contributed by atoms with Crippen LogP contribution >= 0.6 is 44.1 Å². The molecule has 0 aliphatic carbocycles. The first-order valence-electron chi connectivity index (χ1n) is 17.6. The Morgan fingerprint density at radius 2 is 1.42 bits per heavy atom. The zero-order chi connectivity index (χ0) is 37.1. The van der Waals surface area contributed by atoms with Crippen LogP contribution < -0.4 is 4.52 Å². The molecule has 3 N–H and O–H groups in total.